The van der Waals surface area contributed by atoms with Crippen molar-refractivity contribution in [1.82, 2.24) is 0 Å². The van der Waals surface area contributed by atoms with Crippen LogP contribution in [-0.4, -0.2) is 30.6 Å². The van der Waals surface area contributed by atoms with Gasteiger partial charge in [-0.2, -0.15) is 0 Å². The number of nitrogens with zero attached hydrogens (tertiary/aromatic N) is 1. The Labute approximate surface area is 142 Å². The van der Waals surface area contributed by atoms with Crippen molar-refractivity contribution in [1.29, 1.82) is 0 Å². The molecule has 9 heteroatoms. The van der Waals surface area contributed by atoms with Gasteiger partial charge in [-0.05, 0) is 24.3 Å². The molecule has 0 unspecified atom stereocenters. The van der Waals surface area contributed by atoms with Crippen molar-refractivity contribution in [2.75, 3.05) is 24.4 Å². The Morgan fingerprint density at radius 2 is 1.76 bits per heavy atom. The third kappa shape index (κ3) is 5.20. The average molecular weight is 345 g/mol. The number of hydrogen-bond acceptors (Lipinski definition) is 6. The van der Waals surface area contributed by atoms with Crippen LogP contribution in [0.15, 0.2) is 48.5 Å². The van der Waals surface area contributed by atoms with Crippen LogP contribution in [-0.2, 0) is 9.53 Å². The summed E-state index contributed by atoms with van der Waals surface area (Å²) in [6.07, 6.45) is 0. The minimum atomic E-state index is -0.567. The highest BCUT2D eigenvalue weighted by Crippen LogP contribution is 2.24. The van der Waals surface area contributed by atoms with E-state index < -0.39 is 16.9 Å². The van der Waals surface area contributed by atoms with Gasteiger partial charge in [0.25, 0.3) is 5.69 Å². The lowest BCUT2D eigenvalue weighted by atomic mass is 10.3. The van der Waals surface area contributed by atoms with E-state index in [0.29, 0.717) is 17.1 Å². The molecule has 0 saturated heterocycles. The largest absolute Gasteiger partial charge is 0.480 e. The minimum absolute atomic E-state index is 0.0764. The molecule has 0 radical (unpaired) electrons. The van der Waals surface area contributed by atoms with Crippen LogP contribution in [0.5, 0.6) is 5.75 Å². The number of urea groups is 1. The van der Waals surface area contributed by atoms with Gasteiger partial charge < -0.3 is 20.1 Å². The first-order valence-electron chi connectivity index (χ1n) is 7.10. The highest BCUT2D eigenvalue weighted by molar-refractivity contribution is 6.00. The number of carbonyl (C=O) groups is 2. The molecule has 0 bridgehead atoms. The SMILES string of the molecule is COC(=O)COc1ccccc1NC(=O)Nc1ccc([N+](=O)[O-])cc1. The molecule has 0 aromatic heterocycles. The first kappa shape index (κ1) is 17.7. The molecular formula is C16H15N3O6. The van der Waals surface area contributed by atoms with Crippen LogP contribution in [0.25, 0.3) is 0 Å². The van der Waals surface area contributed by atoms with E-state index in [4.69, 9.17) is 4.74 Å². The van der Waals surface area contributed by atoms with Gasteiger partial charge in [-0.15, -0.1) is 0 Å². The molecule has 0 fully saturated rings. The first-order valence-corrected chi connectivity index (χ1v) is 7.10. The summed E-state index contributed by atoms with van der Waals surface area (Å²) in [4.78, 5) is 33.3. The Kier molecular flexibility index (Phi) is 5.88. The van der Waals surface area contributed by atoms with Gasteiger partial charge in [0.2, 0.25) is 0 Å². The first-order chi connectivity index (χ1) is 12.0. The van der Waals surface area contributed by atoms with E-state index in [0.717, 1.165) is 0 Å². The van der Waals surface area contributed by atoms with Crippen LogP contribution >= 0.6 is 0 Å². The fourth-order valence-corrected chi connectivity index (χ4v) is 1.84. The molecule has 0 saturated carbocycles. The number of amides is 2. The maximum absolute atomic E-state index is 12.0. The number of rotatable bonds is 6. The summed E-state index contributed by atoms with van der Waals surface area (Å²) in [5.74, 6) is -0.253. The van der Waals surface area contributed by atoms with Crippen molar-refractivity contribution < 1.29 is 24.0 Å². The second-order valence-electron chi connectivity index (χ2n) is 4.74. The fourth-order valence-electron chi connectivity index (χ4n) is 1.84. The number of non-ortho nitro benzene ring substituents is 1. The highest BCUT2D eigenvalue weighted by Gasteiger charge is 2.10. The zero-order valence-electron chi connectivity index (χ0n) is 13.2. The maximum atomic E-state index is 12.0. The molecule has 0 heterocycles. The van der Waals surface area contributed by atoms with Gasteiger partial charge >= 0.3 is 12.0 Å². The molecule has 2 amide bonds. The van der Waals surface area contributed by atoms with Gasteiger partial charge in [-0.3, -0.25) is 10.1 Å². The van der Waals surface area contributed by atoms with E-state index in [1.807, 2.05) is 0 Å². The molecule has 0 aliphatic carbocycles. The lowest BCUT2D eigenvalue weighted by Gasteiger charge is -2.12. The monoisotopic (exact) mass is 345 g/mol. The number of ether oxygens (including phenoxy) is 2. The highest BCUT2D eigenvalue weighted by atomic mass is 16.6. The Morgan fingerprint density at radius 1 is 1.08 bits per heavy atom. The molecule has 0 aliphatic heterocycles. The third-order valence-electron chi connectivity index (χ3n) is 3.04. The zero-order chi connectivity index (χ0) is 18.2. The number of carbonyl (C=O) groups excluding carboxylic acids is 2. The summed E-state index contributed by atoms with van der Waals surface area (Å²) in [6, 6.07) is 11.4. The number of methoxy groups -OCH3 is 1. The maximum Gasteiger partial charge on any atom is 0.343 e. The normalized spacial score (nSPS) is 9.80. The van der Waals surface area contributed by atoms with Crippen molar-refractivity contribution >= 4 is 29.1 Å². The van der Waals surface area contributed by atoms with Crippen LogP contribution in [0.3, 0.4) is 0 Å². The lowest BCUT2D eigenvalue weighted by molar-refractivity contribution is -0.384. The molecular weight excluding hydrogens is 330 g/mol. The Morgan fingerprint density at radius 3 is 2.40 bits per heavy atom. The third-order valence-corrected chi connectivity index (χ3v) is 3.04. The standard InChI is InChI=1S/C16H15N3O6/c1-24-15(20)10-25-14-5-3-2-4-13(14)18-16(21)17-11-6-8-12(9-7-11)19(22)23/h2-9H,10H2,1H3,(H2,17,18,21). The second kappa shape index (κ2) is 8.29. The Balaban J connectivity index is 2.00. The quantitative estimate of drug-likeness (QED) is 0.472. The lowest BCUT2D eigenvalue weighted by Crippen LogP contribution is -2.20. The van der Waals surface area contributed by atoms with Gasteiger partial charge in [0, 0.05) is 17.8 Å². The summed E-state index contributed by atoms with van der Waals surface area (Å²) in [5, 5.41) is 15.7. The second-order valence-corrected chi connectivity index (χ2v) is 4.74. The predicted octanol–water partition coefficient (Wildman–Crippen LogP) is 2.79. The Bertz CT molecular complexity index is 776. The van der Waals surface area contributed by atoms with Crippen molar-refractivity contribution in [3.05, 3.63) is 58.6 Å². The molecule has 9 nitrogen and oxygen atoms in total. The van der Waals surface area contributed by atoms with Crippen LogP contribution in [0.4, 0.5) is 21.9 Å². The van der Waals surface area contributed by atoms with Gasteiger partial charge in [-0.25, -0.2) is 9.59 Å². The number of nitro benzene ring substituents is 1. The summed E-state index contributed by atoms with van der Waals surface area (Å²) in [6.45, 7) is -0.292. The minimum Gasteiger partial charge on any atom is -0.480 e. The molecule has 2 N–H and O–H groups in total. The van der Waals surface area contributed by atoms with E-state index in [-0.39, 0.29) is 12.3 Å². The van der Waals surface area contributed by atoms with Gasteiger partial charge in [-0.1, -0.05) is 12.1 Å². The predicted molar refractivity (Wildman–Crippen MR) is 89.7 cm³/mol. The number of nitro groups is 1. The molecule has 130 valence electrons. The number of benzene rings is 2. The van der Waals surface area contributed by atoms with Crippen molar-refractivity contribution in [2.45, 2.75) is 0 Å². The van der Waals surface area contributed by atoms with E-state index >= 15 is 0 Å². The topological polar surface area (TPSA) is 120 Å². The fraction of sp³-hybridized carbons (Fsp3) is 0.125. The number of nitrogens with one attached hydrogen (secondary N) is 2. The average Bonchev–Trinajstić information content (AvgIpc) is 2.61. The molecule has 2 aromatic rings. The van der Waals surface area contributed by atoms with Crippen molar-refractivity contribution in [2.24, 2.45) is 0 Å². The van der Waals surface area contributed by atoms with E-state index in [2.05, 4.69) is 15.4 Å². The number of hydrogen-bond donors (Lipinski definition) is 2. The van der Waals surface area contributed by atoms with Crippen molar-refractivity contribution in [3.8, 4) is 5.75 Å². The molecule has 0 aliphatic rings. The van der Waals surface area contributed by atoms with Crippen LogP contribution < -0.4 is 15.4 Å². The van der Waals surface area contributed by atoms with Crippen molar-refractivity contribution in [3.63, 3.8) is 0 Å². The van der Waals surface area contributed by atoms with Gasteiger partial charge in [0.05, 0.1) is 17.7 Å². The van der Waals surface area contributed by atoms with E-state index in [1.165, 1.54) is 31.4 Å². The molecule has 2 aromatic carbocycles. The van der Waals surface area contributed by atoms with Gasteiger partial charge in [0.15, 0.2) is 6.61 Å². The molecule has 0 spiro atoms. The van der Waals surface area contributed by atoms with E-state index in [1.54, 1.807) is 24.3 Å². The number of para-hydroxylation sites is 2. The summed E-state index contributed by atoms with van der Waals surface area (Å²) in [5.41, 5.74) is 0.661. The molecule has 25 heavy (non-hydrogen) atoms. The molecule has 2 rings (SSSR count). The van der Waals surface area contributed by atoms with Crippen LogP contribution in [0.2, 0.25) is 0 Å². The Hall–Kier alpha value is -3.62. The summed E-state index contributed by atoms with van der Waals surface area (Å²) in [7, 11) is 1.24. The van der Waals surface area contributed by atoms with E-state index in [9.17, 15) is 19.7 Å². The van der Waals surface area contributed by atoms with Crippen LogP contribution in [0.1, 0.15) is 0 Å². The van der Waals surface area contributed by atoms with Gasteiger partial charge in [0.1, 0.15) is 5.75 Å². The number of esters is 1. The molecule has 0 atom stereocenters. The zero-order valence-corrected chi connectivity index (χ0v) is 13.2. The summed E-state index contributed by atoms with van der Waals surface area (Å²) >= 11 is 0. The smallest absolute Gasteiger partial charge is 0.343 e. The summed E-state index contributed by atoms with van der Waals surface area (Å²) < 4.78 is 9.78. The number of anilines is 2. The van der Waals surface area contributed by atoms with Crippen LogP contribution in [0, 0.1) is 10.1 Å².